The van der Waals surface area contributed by atoms with Crippen molar-refractivity contribution in [1.82, 2.24) is 9.97 Å². The third kappa shape index (κ3) is 3.15. The van der Waals surface area contributed by atoms with E-state index in [2.05, 4.69) is 9.97 Å². The van der Waals surface area contributed by atoms with E-state index >= 15 is 0 Å². The van der Waals surface area contributed by atoms with Crippen LogP contribution >= 0.6 is 11.6 Å². The van der Waals surface area contributed by atoms with Crippen LogP contribution in [-0.2, 0) is 0 Å². The van der Waals surface area contributed by atoms with Crippen molar-refractivity contribution < 1.29 is 9.47 Å². The highest BCUT2D eigenvalue weighted by molar-refractivity contribution is 6.29. The lowest BCUT2D eigenvalue weighted by atomic mass is 10.2. The molecular weight excluding hydrogens is 264 g/mol. The van der Waals surface area contributed by atoms with E-state index < -0.39 is 0 Å². The molecule has 0 radical (unpaired) electrons. The summed E-state index contributed by atoms with van der Waals surface area (Å²) in [6.07, 6.45) is 0. The smallest absolute Gasteiger partial charge is 0.161 e. The van der Waals surface area contributed by atoms with Gasteiger partial charge in [-0.15, -0.1) is 0 Å². The van der Waals surface area contributed by atoms with Gasteiger partial charge in [0.05, 0.1) is 13.7 Å². The van der Waals surface area contributed by atoms with Crippen molar-refractivity contribution in [1.29, 1.82) is 0 Å². The molecule has 0 atom stereocenters. The summed E-state index contributed by atoms with van der Waals surface area (Å²) in [5, 5.41) is 0.426. The number of hydrogen-bond donors (Lipinski definition) is 0. The van der Waals surface area contributed by atoms with E-state index in [-0.39, 0.29) is 0 Å². The molecule has 1 aromatic carbocycles. The van der Waals surface area contributed by atoms with E-state index in [1.807, 2.05) is 32.0 Å². The summed E-state index contributed by atoms with van der Waals surface area (Å²) in [6, 6.07) is 7.29. The van der Waals surface area contributed by atoms with Crippen LogP contribution in [0.4, 0.5) is 0 Å². The maximum absolute atomic E-state index is 5.95. The maximum atomic E-state index is 5.95. The third-order valence-electron chi connectivity index (χ3n) is 2.54. The SMILES string of the molecule is CCOc1ccc(-c2nc(C)cc(Cl)n2)cc1OC. The first-order valence-corrected chi connectivity index (χ1v) is 6.34. The molecule has 0 bridgehead atoms. The molecule has 0 N–H and O–H groups in total. The van der Waals surface area contributed by atoms with Gasteiger partial charge in [-0.05, 0) is 38.1 Å². The molecular formula is C14H15ClN2O2. The Morgan fingerprint density at radius 3 is 2.58 bits per heavy atom. The predicted octanol–water partition coefficient (Wildman–Crippen LogP) is 3.51. The minimum Gasteiger partial charge on any atom is -0.493 e. The largest absolute Gasteiger partial charge is 0.493 e. The number of ether oxygens (including phenoxy) is 2. The minimum absolute atomic E-state index is 0.426. The quantitative estimate of drug-likeness (QED) is 0.803. The molecule has 0 unspecified atom stereocenters. The first-order valence-electron chi connectivity index (χ1n) is 5.96. The first-order chi connectivity index (χ1) is 9.13. The number of methoxy groups -OCH3 is 1. The monoisotopic (exact) mass is 278 g/mol. The molecule has 0 spiro atoms. The normalized spacial score (nSPS) is 10.3. The molecule has 5 heteroatoms. The number of benzene rings is 1. The van der Waals surface area contributed by atoms with Crippen LogP contribution in [0.25, 0.3) is 11.4 Å². The summed E-state index contributed by atoms with van der Waals surface area (Å²) in [6.45, 7) is 4.39. The van der Waals surface area contributed by atoms with Crippen LogP contribution in [0.3, 0.4) is 0 Å². The summed E-state index contributed by atoms with van der Waals surface area (Å²) in [7, 11) is 1.60. The summed E-state index contributed by atoms with van der Waals surface area (Å²) in [5.41, 5.74) is 1.66. The van der Waals surface area contributed by atoms with Crippen molar-refractivity contribution in [2.24, 2.45) is 0 Å². The lowest BCUT2D eigenvalue weighted by Gasteiger charge is -2.10. The van der Waals surface area contributed by atoms with Crippen LogP contribution in [0, 0.1) is 6.92 Å². The zero-order valence-electron chi connectivity index (χ0n) is 11.1. The van der Waals surface area contributed by atoms with E-state index in [9.17, 15) is 0 Å². The van der Waals surface area contributed by atoms with Crippen LogP contribution in [0.5, 0.6) is 11.5 Å². The van der Waals surface area contributed by atoms with Gasteiger partial charge < -0.3 is 9.47 Å². The summed E-state index contributed by atoms with van der Waals surface area (Å²) < 4.78 is 10.8. The van der Waals surface area contributed by atoms with Gasteiger partial charge in [0.25, 0.3) is 0 Å². The second-order valence-corrected chi connectivity index (χ2v) is 4.34. The fourth-order valence-electron chi connectivity index (χ4n) is 1.74. The lowest BCUT2D eigenvalue weighted by Crippen LogP contribution is -1.97. The average molecular weight is 279 g/mol. The van der Waals surface area contributed by atoms with E-state index in [1.54, 1.807) is 13.2 Å². The molecule has 2 rings (SSSR count). The Morgan fingerprint density at radius 2 is 1.95 bits per heavy atom. The lowest BCUT2D eigenvalue weighted by molar-refractivity contribution is 0.311. The molecule has 2 aromatic rings. The minimum atomic E-state index is 0.426. The van der Waals surface area contributed by atoms with Gasteiger partial charge in [-0.2, -0.15) is 0 Å². The zero-order valence-corrected chi connectivity index (χ0v) is 11.9. The fraction of sp³-hybridized carbons (Fsp3) is 0.286. The maximum Gasteiger partial charge on any atom is 0.161 e. The summed E-state index contributed by atoms with van der Waals surface area (Å²) in [4.78, 5) is 8.58. The second kappa shape index (κ2) is 5.89. The van der Waals surface area contributed by atoms with Gasteiger partial charge in [-0.25, -0.2) is 9.97 Å². The average Bonchev–Trinajstić information content (AvgIpc) is 2.38. The topological polar surface area (TPSA) is 44.2 Å². The Hall–Kier alpha value is -1.81. The van der Waals surface area contributed by atoms with Gasteiger partial charge in [0, 0.05) is 11.3 Å². The van der Waals surface area contributed by atoms with Crippen LogP contribution in [0.15, 0.2) is 24.3 Å². The highest BCUT2D eigenvalue weighted by Crippen LogP contribution is 2.31. The third-order valence-corrected chi connectivity index (χ3v) is 2.74. The van der Waals surface area contributed by atoms with Crippen molar-refractivity contribution in [3.8, 4) is 22.9 Å². The Morgan fingerprint density at radius 1 is 1.16 bits per heavy atom. The highest BCUT2D eigenvalue weighted by Gasteiger charge is 2.09. The number of nitrogens with zero attached hydrogens (tertiary/aromatic N) is 2. The summed E-state index contributed by atoms with van der Waals surface area (Å²) in [5.74, 6) is 1.93. The first kappa shape index (κ1) is 13.6. The van der Waals surface area contributed by atoms with Gasteiger partial charge >= 0.3 is 0 Å². The standard InChI is InChI=1S/C14H15ClN2O2/c1-4-19-11-6-5-10(8-12(11)18-3)14-16-9(2)7-13(15)17-14/h5-8H,4H2,1-3H3. The predicted molar refractivity (Wildman–Crippen MR) is 74.9 cm³/mol. The van der Waals surface area contributed by atoms with Gasteiger partial charge in [0.1, 0.15) is 5.15 Å². The van der Waals surface area contributed by atoms with Crippen molar-refractivity contribution >= 4 is 11.6 Å². The molecule has 1 heterocycles. The Kier molecular flexibility index (Phi) is 4.22. The van der Waals surface area contributed by atoms with Crippen molar-refractivity contribution in [2.75, 3.05) is 13.7 Å². The molecule has 0 aliphatic rings. The molecule has 0 aliphatic heterocycles. The van der Waals surface area contributed by atoms with E-state index in [0.29, 0.717) is 29.1 Å². The Labute approximate surface area is 117 Å². The number of aryl methyl sites for hydroxylation is 1. The van der Waals surface area contributed by atoms with Crippen molar-refractivity contribution in [3.05, 3.63) is 35.1 Å². The summed E-state index contributed by atoms with van der Waals surface area (Å²) >= 11 is 5.95. The van der Waals surface area contributed by atoms with Gasteiger partial charge in [0.2, 0.25) is 0 Å². The van der Waals surface area contributed by atoms with Crippen molar-refractivity contribution in [2.45, 2.75) is 13.8 Å². The number of rotatable bonds is 4. The molecule has 0 aliphatic carbocycles. The highest BCUT2D eigenvalue weighted by atomic mass is 35.5. The second-order valence-electron chi connectivity index (χ2n) is 3.95. The number of halogens is 1. The Bertz CT molecular complexity index is 567. The van der Waals surface area contributed by atoms with E-state index in [0.717, 1.165) is 11.3 Å². The molecule has 4 nitrogen and oxygen atoms in total. The fourth-order valence-corrected chi connectivity index (χ4v) is 1.98. The van der Waals surface area contributed by atoms with Crippen LogP contribution in [0.2, 0.25) is 5.15 Å². The zero-order chi connectivity index (χ0) is 13.8. The number of aromatic nitrogens is 2. The van der Waals surface area contributed by atoms with E-state index in [4.69, 9.17) is 21.1 Å². The van der Waals surface area contributed by atoms with Gasteiger partial charge in [-0.1, -0.05) is 11.6 Å². The van der Waals surface area contributed by atoms with Crippen LogP contribution < -0.4 is 9.47 Å². The van der Waals surface area contributed by atoms with Crippen molar-refractivity contribution in [3.63, 3.8) is 0 Å². The molecule has 0 amide bonds. The van der Waals surface area contributed by atoms with E-state index in [1.165, 1.54) is 0 Å². The number of hydrogen-bond acceptors (Lipinski definition) is 4. The molecule has 1 aromatic heterocycles. The molecule has 19 heavy (non-hydrogen) atoms. The molecule has 0 saturated heterocycles. The molecule has 0 saturated carbocycles. The Balaban J connectivity index is 2.45. The van der Waals surface area contributed by atoms with Gasteiger partial charge in [-0.3, -0.25) is 0 Å². The van der Waals surface area contributed by atoms with Gasteiger partial charge in [0.15, 0.2) is 17.3 Å². The van der Waals surface area contributed by atoms with Crippen LogP contribution in [0.1, 0.15) is 12.6 Å². The molecule has 0 fully saturated rings. The van der Waals surface area contributed by atoms with Crippen LogP contribution in [-0.4, -0.2) is 23.7 Å². The molecule has 100 valence electrons.